The molecule has 20 heavy (non-hydrogen) atoms. The van der Waals surface area contributed by atoms with Crippen LogP contribution in [0, 0.1) is 0 Å². The first kappa shape index (κ1) is 14.8. The molecule has 11 heteroatoms. The van der Waals surface area contributed by atoms with Gasteiger partial charge in [0.15, 0.2) is 0 Å². The van der Waals surface area contributed by atoms with Gasteiger partial charge < -0.3 is 5.32 Å². The van der Waals surface area contributed by atoms with Gasteiger partial charge in [0.05, 0.1) is 13.0 Å². The maximum Gasteiger partial charge on any atom is 0.362 e. The van der Waals surface area contributed by atoms with Crippen molar-refractivity contribution >= 4 is 32.8 Å². The highest BCUT2D eigenvalue weighted by molar-refractivity contribution is 7.94. The molecule has 0 aliphatic carbocycles. The summed E-state index contributed by atoms with van der Waals surface area (Å²) in [5, 5.41) is 12.7. The number of carbonyl (C=O) groups is 2. The highest BCUT2D eigenvalue weighted by Crippen LogP contribution is 2.19. The summed E-state index contributed by atoms with van der Waals surface area (Å²) in [6.07, 6.45) is 3.23. The van der Waals surface area contributed by atoms with Crippen molar-refractivity contribution in [2.45, 2.75) is 12.5 Å². The summed E-state index contributed by atoms with van der Waals surface area (Å²) < 4.78 is 33.4. The molecule has 0 aromatic rings. The second-order valence-corrected chi connectivity index (χ2v) is 6.93. The molecule has 0 bridgehead atoms. The molecule has 2 aliphatic heterocycles. The maximum absolute atomic E-state index is 11.7. The number of hydrogen-bond donors (Lipinski definition) is 3. The maximum atomic E-state index is 11.7. The molecule has 2 unspecified atom stereocenters. The SMILES string of the molecule is O=C(CC1=CC=C/S1=N\O)NC1CN(S(=O)(=O)O)C1=O. The van der Waals surface area contributed by atoms with E-state index in [4.69, 9.17) is 9.76 Å². The third-order valence-corrected chi connectivity index (χ3v) is 4.98. The van der Waals surface area contributed by atoms with Crippen LogP contribution in [-0.2, 0) is 30.6 Å². The van der Waals surface area contributed by atoms with E-state index in [0.29, 0.717) is 4.91 Å². The summed E-state index contributed by atoms with van der Waals surface area (Å²) in [4.78, 5) is 23.7. The van der Waals surface area contributed by atoms with Crippen LogP contribution in [-0.4, -0.2) is 46.9 Å². The van der Waals surface area contributed by atoms with Gasteiger partial charge in [-0.3, -0.25) is 19.3 Å². The van der Waals surface area contributed by atoms with E-state index < -0.39 is 38.9 Å². The molecular weight excluding hydrogens is 310 g/mol. The Morgan fingerprint density at radius 3 is 2.85 bits per heavy atom. The Morgan fingerprint density at radius 1 is 1.60 bits per heavy atom. The zero-order valence-corrected chi connectivity index (χ0v) is 11.6. The Kier molecular flexibility index (Phi) is 4.04. The zero-order valence-electron chi connectivity index (χ0n) is 9.96. The smallest absolute Gasteiger partial charge is 0.342 e. The Morgan fingerprint density at radius 2 is 2.30 bits per heavy atom. The van der Waals surface area contributed by atoms with Crippen LogP contribution in [0.2, 0.25) is 0 Å². The Balaban J connectivity index is 1.88. The van der Waals surface area contributed by atoms with Crippen LogP contribution < -0.4 is 5.32 Å². The Hall–Kier alpha value is -1.56. The molecule has 9 nitrogen and oxygen atoms in total. The predicted molar refractivity (Wildman–Crippen MR) is 68.6 cm³/mol. The van der Waals surface area contributed by atoms with E-state index in [1.807, 2.05) is 0 Å². The Bertz CT molecular complexity index is 651. The summed E-state index contributed by atoms with van der Waals surface area (Å²) in [7, 11) is -5.41. The number of amides is 2. The van der Waals surface area contributed by atoms with E-state index in [1.165, 1.54) is 0 Å². The van der Waals surface area contributed by atoms with Crippen molar-refractivity contribution in [2.24, 2.45) is 4.53 Å². The molecule has 110 valence electrons. The van der Waals surface area contributed by atoms with Gasteiger partial charge in [0.25, 0.3) is 5.91 Å². The third-order valence-electron chi connectivity index (χ3n) is 2.69. The lowest BCUT2D eigenvalue weighted by Crippen LogP contribution is -2.65. The van der Waals surface area contributed by atoms with Gasteiger partial charge >= 0.3 is 10.3 Å². The quantitative estimate of drug-likeness (QED) is 0.349. The summed E-state index contributed by atoms with van der Waals surface area (Å²) in [5.74, 6) is -1.38. The molecule has 0 aromatic heterocycles. The number of carbonyl (C=O) groups excluding carboxylic acids is 2. The van der Waals surface area contributed by atoms with E-state index >= 15 is 0 Å². The molecular formula is C9H11N3O6S2. The van der Waals surface area contributed by atoms with Crippen LogP contribution >= 0.6 is 0 Å². The summed E-state index contributed by atoms with van der Waals surface area (Å²) >= 11 is 0. The number of hydrogen-bond acceptors (Lipinski definition) is 5. The fourth-order valence-electron chi connectivity index (χ4n) is 1.70. The van der Waals surface area contributed by atoms with E-state index in [-0.39, 0.29) is 17.3 Å². The van der Waals surface area contributed by atoms with Crippen LogP contribution in [0.25, 0.3) is 0 Å². The van der Waals surface area contributed by atoms with Gasteiger partial charge in [0.2, 0.25) is 5.91 Å². The minimum absolute atomic E-state index is 0.0597. The Labute approximate surface area is 116 Å². The van der Waals surface area contributed by atoms with Crippen molar-refractivity contribution in [1.29, 1.82) is 0 Å². The fourth-order valence-corrected chi connectivity index (χ4v) is 3.46. The highest BCUT2D eigenvalue weighted by Gasteiger charge is 2.44. The van der Waals surface area contributed by atoms with Crippen molar-refractivity contribution in [2.75, 3.05) is 6.54 Å². The topological polar surface area (TPSA) is 136 Å². The summed E-state index contributed by atoms with van der Waals surface area (Å²) in [6, 6.07) is -0.966. The molecule has 3 N–H and O–H groups in total. The van der Waals surface area contributed by atoms with Gasteiger partial charge in [-0.15, -0.1) is 4.53 Å². The normalized spacial score (nSPS) is 25.6. The van der Waals surface area contributed by atoms with Crippen LogP contribution in [0.1, 0.15) is 6.42 Å². The van der Waals surface area contributed by atoms with Crippen molar-refractivity contribution in [3.8, 4) is 0 Å². The van der Waals surface area contributed by atoms with Gasteiger partial charge in [-0.25, -0.2) is 4.31 Å². The van der Waals surface area contributed by atoms with E-state index in [2.05, 4.69) is 9.84 Å². The van der Waals surface area contributed by atoms with Gasteiger partial charge in [-0.05, 0) is 16.1 Å². The molecule has 0 spiro atoms. The van der Waals surface area contributed by atoms with Gasteiger partial charge in [-0.2, -0.15) is 8.42 Å². The van der Waals surface area contributed by atoms with Crippen molar-refractivity contribution < 1.29 is 27.8 Å². The highest BCUT2D eigenvalue weighted by atomic mass is 32.2. The lowest BCUT2D eigenvalue weighted by Gasteiger charge is -2.35. The van der Waals surface area contributed by atoms with Crippen LogP contribution in [0.4, 0.5) is 0 Å². The third kappa shape index (κ3) is 2.95. The van der Waals surface area contributed by atoms with Gasteiger partial charge in [-0.1, -0.05) is 12.2 Å². The van der Waals surface area contributed by atoms with Crippen LogP contribution in [0.15, 0.2) is 27.0 Å². The number of nitrogens with zero attached hydrogens (tertiary/aromatic N) is 2. The molecule has 0 aromatic carbocycles. The molecule has 2 aliphatic rings. The standard InChI is InChI=1S/C9H11N3O6S2/c13-8(4-6-2-1-3-19(6)11-15)10-7-5-12(9(7)14)20(16,17)18/h1-3,7,15H,4-5H2,(H,10,13)(H,16,17,18). The number of nitrogens with one attached hydrogen (secondary N) is 1. The zero-order chi connectivity index (χ0) is 14.9. The first-order valence-electron chi connectivity index (χ1n) is 5.37. The predicted octanol–water partition coefficient (Wildman–Crippen LogP) is -0.891. The number of rotatable bonds is 4. The second-order valence-electron chi connectivity index (χ2n) is 4.00. The van der Waals surface area contributed by atoms with E-state index in [0.717, 1.165) is 0 Å². The monoisotopic (exact) mass is 321 g/mol. The van der Waals surface area contributed by atoms with Crippen molar-refractivity contribution in [1.82, 2.24) is 9.62 Å². The second kappa shape index (κ2) is 5.44. The van der Waals surface area contributed by atoms with Gasteiger partial charge in [0, 0.05) is 4.91 Å². The first-order valence-corrected chi connectivity index (χ1v) is 8.01. The van der Waals surface area contributed by atoms with E-state index in [9.17, 15) is 18.0 Å². The molecule has 1 saturated heterocycles. The molecule has 2 atom stereocenters. The van der Waals surface area contributed by atoms with Crippen LogP contribution in [0.5, 0.6) is 0 Å². The molecule has 0 saturated carbocycles. The minimum atomic E-state index is -4.55. The molecule has 2 rings (SSSR count). The average molecular weight is 321 g/mol. The van der Waals surface area contributed by atoms with Gasteiger partial charge in [0.1, 0.15) is 6.04 Å². The number of allylic oxidation sites excluding steroid dienone is 2. The lowest BCUT2D eigenvalue weighted by atomic mass is 10.1. The summed E-state index contributed by atoms with van der Waals surface area (Å²) in [5.41, 5.74) is 0. The van der Waals surface area contributed by atoms with Crippen molar-refractivity contribution in [3.63, 3.8) is 0 Å². The van der Waals surface area contributed by atoms with Crippen molar-refractivity contribution in [3.05, 3.63) is 22.5 Å². The fraction of sp³-hybridized carbons (Fsp3) is 0.333. The molecule has 1 fully saturated rings. The first-order chi connectivity index (χ1) is 9.32. The minimum Gasteiger partial charge on any atom is -0.342 e. The summed E-state index contributed by atoms with van der Waals surface area (Å²) in [6.45, 7) is -0.295. The largest absolute Gasteiger partial charge is 0.362 e. The molecule has 0 radical (unpaired) electrons. The van der Waals surface area contributed by atoms with Crippen LogP contribution in [0.3, 0.4) is 0 Å². The molecule has 2 heterocycles. The average Bonchev–Trinajstić information content (AvgIpc) is 2.79. The number of β-lactam (4-membered cyclic amide) rings is 1. The lowest BCUT2D eigenvalue weighted by molar-refractivity contribution is -0.140. The van der Waals surface area contributed by atoms with E-state index in [1.54, 1.807) is 17.6 Å². The molecule has 2 amide bonds.